The Balaban J connectivity index is 0.00000324. The maximum absolute atomic E-state index is 11.5. The molecule has 2 aromatic carbocycles. The molecular weight excluding hydrogens is 466 g/mol. The molecule has 7 N–H and O–H groups in total. The summed E-state index contributed by atoms with van der Waals surface area (Å²) in [5.74, 6) is 10.7. The van der Waals surface area contributed by atoms with E-state index < -0.39 is 18.4 Å². The molecule has 4 rings (SSSR count). The Hall–Kier alpha value is -3.71. The Morgan fingerprint density at radius 2 is 1.82 bits per heavy atom. The smallest absolute Gasteiger partial charge is 0.429 e. The van der Waals surface area contributed by atoms with Gasteiger partial charge in [0, 0.05) is 11.8 Å². The fraction of sp³-hybridized carbons (Fsp3) is 0.238. The SMILES string of the molecule is Cc1ccc2c(C3CCC(OC(=O)NN)N3)nc(-c3ccccc3OOC(=O)NN)nc2c1.Cl. The number of rotatable bonds is 5. The number of ether oxygens (including phenoxy) is 1. The van der Waals surface area contributed by atoms with E-state index in [0.717, 1.165) is 22.2 Å². The monoisotopic (exact) mass is 489 g/mol. The molecule has 12 nitrogen and oxygen atoms in total. The van der Waals surface area contributed by atoms with Crippen molar-refractivity contribution in [2.75, 3.05) is 0 Å². The number of hydrogen-bond acceptors (Lipinski definition) is 10. The molecule has 0 saturated carbocycles. The standard InChI is InChI=1S/C21H23N7O5.ClH/c1-11-6-7-12-15(10-11)25-19(13-4-2-3-5-16(13)32-33-21(30)28-23)26-18(12)14-8-9-17(24-14)31-20(29)27-22;/h2-7,10,14,17,24H,8-9,22-23H2,1H3,(H,27,29)(H,28,30);1H. The first-order chi connectivity index (χ1) is 16.0. The van der Waals surface area contributed by atoms with E-state index in [1.54, 1.807) is 24.3 Å². The van der Waals surface area contributed by atoms with Crippen LogP contribution in [-0.2, 0) is 9.62 Å². The molecule has 180 valence electrons. The van der Waals surface area contributed by atoms with Crippen molar-refractivity contribution in [3.63, 3.8) is 0 Å². The van der Waals surface area contributed by atoms with E-state index >= 15 is 0 Å². The van der Waals surface area contributed by atoms with Crippen molar-refractivity contribution in [1.82, 2.24) is 26.1 Å². The van der Waals surface area contributed by atoms with Crippen molar-refractivity contribution in [2.24, 2.45) is 11.7 Å². The molecule has 13 heteroatoms. The summed E-state index contributed by atoms with van der Waals surface area (Å²) in [5, 5.41) is 4.13. The van der Waals surface area contributed by atoms with E-state index in [1.165, 1.54) is 0 Å². The molecule has 2 atom stereocenters. The van der Waals surface area contributed by atoms with Crippen LogP contribution in [0.25, 0.3) is 22.3 Å². The zero-order chi connectivity index (χ0) is 23.4. The van der Waals surface area contributed by atoms with E-state index in [4.69, 9.17) is 31.3 Å². The first kappa shape index (κ1) is 24.9. The van der Waals surface area contributed by atoms with Gasteiger partial charge in [-0.15, -0.1) is 12.4 Å². The lowest BCUT2D eigenvalue weighted by atomic mass is 10.0. The molecule has 2 unspecified atom stereocenters. The van der Waals surface area contributed by atoms with Gasteiger partial charge in [0.25, 0.3) is 0 Å². The van der Waals surface area contributed by atoms with Gasteiger partial charge in [-0.3, -0.25) is 21.1 Å². The molecule has 1 aromatic heterocycles. The van der Waals surface area contributed by atoms with E-state index in [0.29, 0.717) is 24.2 Å². The number of para-hydroxylation sites is 1. The highest BCUT2D eigenvalue weighted by Crippen LogP contribution is 2.34. The molecule has 3 aromatic rings. The number of hydrogen-bond donors (Lipinski definition) is 5. The second-order valence-corrected chi connectivity index (χ2v) is 7.38. The molecule has 0 spiro atoms. The van der Waals surface area contributed by atoms with E-state index in [9.17, 15) is 9.59 Å². The van der Waals surface area contributed by atoms with Crippen LogP contribution in [0, 0.1) is 6.92 Å². The zero-order valence-electron chi connectivity index (χ0n) is 18.1. The number of aromatic nitrogens is 2. The van der Waals surface area contributed by atoms with Gasteiger partial charge < -0.3 is 4.74 Å². The average molecular weight is 490 g/mol. The minimum Gasteiger partial charge on any atom is -0.429 e. The van der Waals surface area contributed by atoms with Gasteiger partial charge in [0.15, 0.2) is 17.8 Å². The van der Waals surface area contributed by atoms with Gasteiger partial charge in [0.2, 0.25) is 0 Å². The minimum absolute atomic E-state index is 0. The summed E-state index contributed by atoms with van der Waals surface area (Å²) in [4.78, 5) is 42.1. The van der Waals surface area contributed by atoms with Gasteiger partial charge in [-0.25, -0.2) is 36.1 Å². The zero-order valence-corrected chi connectivity index (χ0v) is 18.9. The van der Waals surface area contributed by atoms with Crippen molar-refractivity contribution in [2.45, 2.75) is 32.0 Å². The highest BCUT2D eigenvalue weighted by molar-refractivity contribution is 5.85. The van der Waals surface area contributed by atoms with E-state index in [1.807, 2.05) is 36.0 Å². The third kappa shape index (κ3) is 5.43. The number of carbonyl (C=O) groups excluding carboxylic acids is 2. The van der Waals surface area contributed by atoms with Crippen LogP contribution in [-0.4, -0.2) is 28.4 Å². The maximum atomic E-state index is 11.5. The lowest BCUT2D eigenvalue weighted by molar-refractivity contribution is -0.142. The van der Waals surface area contributed by atoms with E-state index in [-0.39, 0.29) is 24.2 Å². The second kappa shape index (κ2) is 10.9. The number of nitrogens with zero attached hydrogens (tertiary/aromatic N) is 2. The first-order valence-electron chi connectivity index (χ1n) is 10.1. The van der Waals surface area contributed by atoms with Crippen LogP contribution in [0.1, 0.15) is 30.1 Å². The Morgan fingerprint density at radius 1 is 1.06 bits per heavy atom. The molecular formula is C21H24ClN7O5. The second-order valence-electron chi connectivity index (χ2n) is 7.38. The van der Waals surface area contributed by atoms with Crippen LogP contribution < -0.4 is 32.7 Å². The van der Waals surface area contributed by atoms with Crippen molar-refractivity contribution in [1.29, 1.82) is 0 Å². The molecule has 34 heavy (non-hydrogen) atoms. The van der Waals surface area contributed by atoms with Crippen molar-refractivity contribution in [3.05, 3.63) is 53.7 Å². The summed E-state index contributed by atoms with van der Waals surface area (Å²) in [6.07, 6.45) is -0.907. The van der Waals surface area contributed by atoms with Crippen LogP contribution in [0.2, 0.25) is 0 Å². The van der Waals surface area contributed by atoms with Crippen LogP contribution in [0.3, 0.4) is 0 Å². The molecule has 0 bridgehead atoms. The third-order valence-electron chi connectivity index (χ3n) is 5.14. The number of halogens is 1. The number of benzene rings is 2. The maximum Gasteiger partial charge on any atom is 0.464 e. The quantitative estimate of drug-likeness (QED) is 0.154. The van der Waals surface area contributed by atoms with Gasteiger partial charge in [-0.05, 0) is 37.1 Å². The van der Waals surface area contributed by atoms with Crippen LogP contribution in [0.15, 0.2) is 42.5 Å². The number of hydrazine groups is 2. The summed E-state index contributed by atoms with van der Waals surface area (Å²) in [6.45, 7) is 1.97. The lowest BCUT2D eigenvalue weighted by Gasteiger charge is -2.17. The lowest BCUT2D eigenvalue weighted by Crippen LogP contribution is -2.37. The summed E-state index contributed by atoms with van der Waals surface area (Å²) < 4.78 is 5.23. The Morgan fingerprint density at radius 3 is 2.59 bits per heavy atom. The Bertz CT molecular complexity index is 1200. The summed E-state index contributed by atoms with van der Waals surface area (Å²) in [6, 6.07) is 12.6. The number of fused-ring (bicyclic) bond motifs is 1. The van der Waals surface area contributed by atoms with Gasteiger partial charge in [-0.2, -0.15) is 0 Å². The average Bonchev–Trinajstić information content (AvgIpc) is 3.29. The van der Waals surface area contributed by atoms with Gasteiger partial charge in [0.1, 0.15) is 0 Å². The van der Waals surface area contributed by atoms with Crippen LogP contribution in [0.4, 0.5) is 9.59 Å². The molecule has 0 radical (unpaired) electrons. The Kier molecular flexibility index (Phi) is 8.02. The highest BCUT2D eigenvalue weighted by atomic mass is 35.5. The Labute approximate surface area is 200 Å². The number of nitrogens with one attached hydrogen (secondary N) is 3. The molecule has 2 amide bonds. The largest absolute Gasteiger partial charge is 0.464 e. The van der Waals surface area contributed by atoms with Gasteiger partial charge in [-0.1, -0.05) is 24.3 Å². The minimum atomic E-state index is -0.955. The third-order valence-corrected chi connectivity index (χ3v) is 5.14. The topological polar surface area (TPSA) is 176 Å². The highest BCUT2D eigenvalue weighted by Gasteiger charge is 2.30. The van der Waals surface area contributed by atoms with E-state index in [2.05, 4.69) is 10.2 Å². The fourth-order valence-corrected chi connectivity index (χ4v) is 3.66. The molecule has 1 fully saturated rings. The number of carbonyl (C=O) groups is 2. The number of aryl methyl sites for hydroxylation is 1. The predicted molar refractivity (Wildman–Crippen MR) is 124 cm³/mol. The predicted octanol–water partition coefficient (Wildman–Crippen LogP) is 2.27. The van der Waals surface area contributed by atoms with Crippen molar-refractivity contribution < 1.29 is 24.1 Å². The summed E-state index contributed by atoms with van der Waals surface area (Å²) in [5.41, 5.74) is 6.79. The normalized spacial score (nSPS) is 16.9. The van der Waals surface area contributed by atoms with Crippen molar-refractivity contribution in [3.8, 4) is 17.1 Å². The molecule has 1 aliphatic heterocycles. The van der Waals surface area contributed by atoms with Crippen LogP contribution in [0.5, 0.6) is 5.75 Å². The van der Waals surface area contributed by atoms with Gasteiger partial charge >= 0.3 is 12.2 Å². The summed E-state index contributed by atoms with van der Waals surface area (Å²) >= 11 is 0. The molecule has 1 aliphatic rings. The van der Waals surface area contributed by atoms with Crippen molar-refractivity contribution >= 4 is 35.5 Å². The molecule has 2 heterocycles. The molecule has 0 aliphatic carbocycles. The summed E-state index contributed by atoms with van der Waals surface area (Å²) in [7, 11) is 0. The van der Waals surface area contributed by atoms with Crippen LogP contribution >= 0.6 is 12.4 Å². The molecule has 1 saturated heterocycles. The first-order valence-corrected chi connectivity index (χ1v) is 10.1. The number of nitrogens with two attached hydrogens (primary N) is 2. The van der Waals surface area contributed by atoms with Gasteiger partial charge in [0.05, 0.1) is 22.8 Å². The fourth-order valence-electron chi connectivity index (χ4n) is 3.66. The number of amides is 2.